The molecule has 0 aliphatic carbocycles. The van der Waals surface area contributed by atoms with Crippen LogP contribution in [0.3, 0.4) is 0 Å². The normalized spacial score (nSPS) is 11.8. The Morgan fingerprint density at radius 1 is 1.02 bits per heavy atom. The van der Waals surface area contributed by atoms with Crippen LogP contribution in [0, 0.1) is 0 Å². The van der Waals surface area contributed by atoms with Gasteiger partial charge in [-0.05, 0) is 52.7 Å². The van der Waals surface area contributed by atoms with E-state index in [1.807, 2.05) is 51.1 Å². The Hall–Kier alpha value is -4.13. The summed E-state index contributed by atoms with van der Waals surface area (Å²) in [6, 6.07) is 18.1. The van der Waals surface area contributed by atoms with E-state index >= 15 is 0 Å². The lowest BCUT2D eigenvalue weighted by atomic mass is 9.92. The molecule has 11 nitrogen and oxygen atoms in total. The summed E-state index contributed by atoms with van der Waals surface area (Å²) in [4.78, 5) is 24.7. The molecule has 40 heavy (non-hydrogen) atoms. The molecule has 0 aliphatic rings. The number of primary amides is 1. The van der Waals surface area contributed by atoms with Gasteiger partial charge in [0.15, 0.2) is 0 Å². The van der Waals surface area contributed by atoms with Crippen LogP contribution in [0.15, 0.2) is 66.7 Å². The minimum Gasteiger partial charge on any atom is -0.350 e. The largest absolute Gasteiger partial charge is 0.350 e. The van der Waals surface area contributed by atoms with E-state index in [0.717, 1.165) is 22.7 Å². The average molecular weight is 584 g/mol. The fourth-order valence-corrected chi connectivity index (χ4v) is 4.75. The summed E-state index contributed by atoms with van der Waals surface area (Å²) in [6.07, 6.45) is 0.879. The Labute approximate surface area is 237 Å². The third kappa shape index (κ3) is 6.71. The van der Waals surface area contributed by atoms with E-state index in [2.05, 4.69) is 16.1 Å². The van der Waals surface area contributed by atoms with E-state index in [0.29, 0.717) is 32.2 Å². The second-order valence-corrected chi connectivity index (χ2v) is 12.5. The van der Waals surface area contributed by atoms with Gasteiger partial charge in [0.2, 0.25) is 10.0 Å². The zero-order chi connectivity index (χ0) is 29.2. The molecule has 0 bridgehead atoms. The molecule has 5 N–H and O–H groups in total. The van der Waals surface area contributed by atoms with E-state index in [9.17, 15) is 18.0 Å². The molecule has 13 heteroatoms. The van der Waals surface area contributed by atoms with E-state index < -0.39 is 22.1 Å². The third-order valence-electron chi connectivity index (χ3n) is 5.94. The average Bonchev–Trinajstić information content (AvgIpc) is 3.28. The maximum absolute atomic E-state index is 12.9. The molecule has 0 unspecified atom stereocenters. The zero-order valence-corrected chi connectivity index (χ0v) is 24.0. The first kappa shape index (κ1) is 28.9. The predicted molar refractivity (Wildman–Crippen MR) is 157 cm³/mol. The lowest BCUT2D eigenvalue weighted by Crippen LogP contribution is -2.48. The minimum atomic E-state index is -3.94. The lowest BCUT2D eigenvalue weighted by Gasteiger charge is -2.20. The highest BCUT2D eigenvalue weighted by molar-refractivity contribution is 7.88. The number of nitrogens with one attached hydrogen (secondary N) is 3. The third-order valence-corrected chi connectivity index (χ3v) is 7.17. The van der Waals surface area contributed by atoms with Crippen LogP contribution in [0.5, 0.6) is 0 Å². The number of sulfonamides is 1. The summed E-state index contributed by atoms with van der Waals surface area (Å²) < 4.78 is 26.1. The van der Waals surface area contributed by atoms with Gasteiger partial charge in [-0.3, -0.25) is 5.32 Å². The topological polar surface area (TPSA) is 151 Å². The van der Waals surface area contributed by atoms with Gasteiger partial charge in [0.1, 0.15) is 5.82 Å². The summed E-state index contributed by atoms with van der Waals surface area (Å²) in [6.45, 7) is 6.00. The first-order chi connectivity index (χ1) is 18.7. The highest BCUT2D eigenvalue weighted by atomic mass is 35.5. The number of halogens is 1. The van der Waals surface area contributed by atoms with Crippen molar-refractivity contribution < 1.29 is 18.0 Å². The molecule has 3 aromatic carbocycles. The number of amides is 4. The molecule has 0 fully saturated rings. The zero-order valence-electron chi connectivity index (χ0n) is 22.4. The van der Waals surface area contributed by atoms with Crippen molar-refractivity contribution in [3.63, 3.8) is 0 Å². The fourth-order valence-electron chi connectivity index (χ4n) is 4.00. The van der Waals surface area contributed by atoms with Crippen molar-refractivity contribution in [1.29, 1.82) is 0 Å². The van der Waals surface area contributed by atoms with Crippen LogP contribution in [0.4, 0.5) is 21.1 Å². The number of carbonyl (C=O) groups excluding carboxylic acids is 2. The van der Waals surface area contributed by atoms with Crippen molar-refractivity contribution in [2.45, 2.75) is 32.7 Å². The highest BCUT2D eigenvalue weighted by Gasteiger charge is 2.23. The highest BCUT2D eigenvalue weighted by Crippen LogP contribution is 2.29. The number of rotatable bonds is 7. The maximum Gasteiger partial charge on any atom is 0.343 e. The number of hydrogen-bond acceptors (Lipinski definition) is 6. The SMILES string of the molecule is CC(C)(C)c1cc(NC(=O)Nc2ccc(Cl)cc2)n(-c2cc(CNN(C(N)=O)S(C)(=O)=O)c3ccccc3c2)n1. The molecule has 0 spiro atoms. The Morgan fingerprint density at radius 2 is 1.70 bits per heavy atom. The first-order valence-corrected chi connectivity index (χ1v) is 14.4. The van der Waals surface area contributed by atoms with E-state index in [1.165, 1.54) is 0 Å². The van der Waals surface area contributed by atoms with Crippen molar-refractivity contribution in [2.75, 3.05) is 16.9 Å². The number of nitrogens with two attached hydrogens (primary N) is 1. The van der Waals surface area contributed by atoms with Gasteiger partial charge in [-0.1, -0.05) is 56.6 Å². The molecule has 1 aromatic heterocycles. The second kappa shape index (κ2) is 11.2. The van der Waals surface area contributed by atoms with Crippen LogP contribution >= 0.6 is 11.6 Å². The van der Waals surface area contributed by atoms with Gasteiger partial charge in [0.25, 0.3) is 0 Å². The molecular weight excluding hydrogens is 554 g/mol. The van der Waals surface area contributed by atoms with E-state index in [4.69, 9.17) is 22.4 Å². The van der Waals surface area contributed by atoms with Gasteiger partial charge in [-0.25, -0.2) is 28.1 Å². The number of nitrogens with zero attached hydrogens (tertiary/aromatic N) is 3. The number of aromatic nitrogens is 2. The van der Waals surface area contributed by atoms with E-state index in [-0.39, 0.29) is 12.0 Å². The van der Waals surface area contributed by atoms with Gasteiger partial charge in [-0.2, -0.15) is 5.10 Å². The van der Waals surface area contributed by atoms with Gasteiger partial charge < -0.3 is 11.1 Å². The summed E-state index contributed by atoms with van der Waals surface area (Å²) in [5.41, 5.74) is 10.1. The quantitative estimate of drug-likeness (QED) is 0.226. The van der Waals surface area contributed by atoms with Crippen LogP contribution < -0.4 is 21.8 Å². The van der Waals surface area contributed by atoms with Gasteiger partial charge in [-0.15, -0.1) is 4.41 Å². The monoisotopic (exact) mass is 583 g/mol. The number of hydrogen-bond donors (Lipinski definition) is 4. The number of anilines is 2. The maximum atomic E-state index is 12.9. The summed E-state index contributed by atoms with van der Waals surface area (Å²) >= 11 is 5.94. The van der Waals surface area contributed by atoms with Crippen LogP contribution in [0.1, 0.15) is 32.0 Å². The molecule has 4 rings (SSSR count). The molecule has 0 saturated carbocycles. The molecule has 4 aromatic rings. The predicted octanol–water partition coefficient (Wildman–Crippen LogP) is 4.97. The number of urea groups is 2. The summed E-state index contributed by atoms with van der Waals surface area (Å²) in [5.74, 6) is 0.417. The molecule has 0 saturated heterocycles. The number of benzene rings is 3. The van der Waals surface area contributed by atoms with Gasteiger partial charge in [0, 0.05) is 28.7 Å². The smallest absolute Gasteiger partial charge is 0.343 e. The Bertz CT molecular complexity index is 1680. The van der Waals surface area contributed by atoms with Crippen molar-refractivity contribution >= 4 is 56.0 Å². The number of carbonyl (C=O) groups is 2. The molecule has 0 atom stereocenters. The molecule has 1 heterocycles. The molecule has 0 aliphatic heterocycles. The van der Waals surface area contributed by atoms with Gasteiger partial charge in [0.05, 0.1) is 17.6 Å². The molecular formula is C27H30ClN7O4S. The Kier molecular flexibility index (Phi) is 8.05. The van der Waals surface area contributed by atoms with Crippen molar-refractivity contribution in [3.05, 3.63) is 83.0 Å². The van der Waals surface area contributed by atoms with Crippen molar-refractivity contribution in [1.82, 2.24) is 19.6 Å². The molecule has 0 radical (unpaired) electrons. The van der Waals surface area contributed by atoms with Gasteiger partial charge >= 0.3 is 12.1 Å². The van der Waals surface area contributed by atoms with Crippen molar-refractivity contribution in [2.24, 2.45) is 5.73 Å². The first-order valence-electron chi connectivity index (χ1n) is 12.2. The second-order valence-electron chi connectivity index (χ2n) is 10.2. The van der Waals surface area contributed by atoms with Crippen LogP contribution in [-0.4, -0.2) is 40.9 Å². The lowest BCUT2D eigenvalue weighted by molar-refractivity contribution is 0.219. The minimum absolute atomic E-state index is 0.0302. The van der Waals surface area contributed by atoms with Crippen LogP contribution in [-0.2, 0) is 22.0 Å². The van der Waals surface area contributed by atoms with Crippen LogP contribution in [0.25, 0.3) is 16.5 Å². The molecule has 4 amide bonds. The summed E-state index contributed by atoms with van der Waals surface area (Å²) in [5, 5.41) is 12.7. The Balaban J connectivity index is 1.74. The molecule has 210 valence electrons. The van der Waals surface area contributed by atoms with Crippen LogP contribution in [0.2, 0.25) is 5.02 Å². The number of hydrazine groups is 1. The Morgan fingerprint density at radius 3 is 2.33 bits per heavy atom. The standard InChI is InChI=1S/C27H30ClN7O4S/c1-27(2,3)23-15-24(32-26(37)31-20-11-9-19(28)10-12-20)34(33-23)21-13-17-7-5-6-8-22(17)18(14-21)16-30-35(25(29)36)40(4,38)39/h5-15,30H,16H2,1-4H3,(H2,29,36)(H2,31,32,37). The number of fused-ring (bicyclic) bond motifs is 1. The fraction of sp³-hybridized carbons (Fsp3) is 0.222. The summed E-state index contributed by atoms with van der Waals surface area (Å²) in [7, 11) is -3.94. The van der Waals surface area contributed by atoms with Crippen molar-refractivity contribution in [3.8, 4) is 5.69 Å². The van der Waals surface area contributed by atoms with E-state index in [1.54, 1.807) is 41.1 Å².